The van der Waals surface area contributed by atoms with Gasteiger partial charge in [-0.3, -0.25) is 4.79 Å². The van der Waals surface area contributed by atoms with Gasteiger partial charge in [-0.2, -0.15) is 18.4 Å². The molecular weight excluding hydrogens is 445 g/mol. The van der Waals surface area contributed by atoms with Crippen molar-refractivity contribution in [3.63, 3.8) is 0 Å². The highest BCUT2D eigenvalue weighted by Gasteiger charge is 2.44. The number of nitriles is 1. The van der Waals surface area contributed by atoms with Gasteiger partial charge in [0.05, 0.1) is 30.8 Å². The van der Waals surface area contributed by atoms with Gasteiger partial charge < -0.3 is 24.6 Å². The molecule has 4 heterocycles. The Bertz CT molecular complexity index is 1030. The van der Waals surface area contributed by atoms with Crippen molar-refractivity contribution in [2.75, 3.05) is 31.1 Å². The minimum absolute atomic E-state index is 0.0590. The van der Waals surface area contributed by atoms with Crippen LogP contribution in [-0.2, 0) is 16.6 Å². The number of aryl methyl sites for hydroxylation is 1. The quantitative estimate of drug-likeness (QED) is 0.687. The highest BCUT2D eigenvalue weighted by molar-refractivity contribution is 5.92. The van der Waals surface area contributed by atoms with Gasteiger partial charge in [0.1, 0.15) is 11.8 Å². The van der Waals surface area contributed by atoms with E-state index in [-0.39, 0.29) is 23.8 Å². The van der Waals surface area contributed by atoms with E-state index in [0.29, 0.717) is 24.8 Å². The van der Waals surface area contributed by atoms with E-state index in [0.717, 1.165) is 18.8 Å². The summed E-state index contributed by atoms with van der Waals surface area (Å²) in [5, 5.41) is 19.0. The maximum Gasteiger partial charge on any atom is 0.490 e. The highest BCUT2D eigenvalue weighted by Crippen LogP contribution is 2.35. The number of rotatable bonds is 4. The molecule has 2 aromatic rings. The number of fused-ring (bicyclic) bond motifs is 1. The van der Waals surface area contributed by atoms with Gasteiger partial charge in [0, 0.05) is 44.7 Å². The number of carboxylic acid groups (broad SMARTS) is 1. The van der Waals surface area contributed by atoms with Crippen molar-refractivity contribution in [3.05, 3.63) is 42.2 Å². The molecule has 0 aromatic carbocycles. The molecule has 3 atom stereocenters. The van der Waals surface area contributed by atoms with Crippen LogP contribution in [0.1, 0.15) is 16.3 Å². The van der Waals surface area contributed by atoms with Crippen LogP contribution in [0, 0.1) is 23.2 Å². The van der Waals surface area contributed by atoms with E-state index in [1.165, 1.54) is 0 Å². The topological polar surface area (TPSA) is 133 Å². The largest absolute Gasteiger partial charge is 0.490 e. The van der Waals surface area contributed by atoms with E-state index < -0.39 is 12.1 Å². The minimum Gasteiger partial charge on any atom is -0.475 e. The minimum atomic E-state index is -5.08. The number of amides is 1. The Morgan fingerprint density at radius 3 is 2.55 bits per heavy atom. The SMILES string of the molecule is Cn1cccc1C(=O)NC[C@H]1CO[C@@H]2CN(c3cnc(C#N)nc3)C[C@H]12.O=C(O)C(F)(F)F. The Morgan fingerprint density at radius 1 is 1.33 bits per heavy atom. The molecule has 2 N–H and O–H groups in total. The summed E-state index contributed by atoms with van der Waals surface area (Å²) >= 11 is 0. The lowest BCUT2D eigenvalue weighted by Gasteiger charge is -2.21. The van der Waals surface area contributed by atoms with Crippen molar-refractivity contribution in [3.8, 4) is 6.07 Å². The summed E-state index contributed by atoms with van der Waals surface area (Å²) in [4.78, 5) is 31.4. The molecule has 1 amide bonds. The van der Waals surface area contributed by atoms with Crippen molar-refractivity contribution in [1.82, 2.24) is 19.9 Å². The zero-order chi connectivity index (χ0) is 24.2. The van der Waals surface area contributed by atoms with E-state index in [9.17, 15) is 18.0 Å². The third kappa shape index (κ3) is 5.78. The van der Waals surface area contributed by atoms with Gasteiger partial charge in [-0.15, -0.1) is 0 Å². The van der Waals surface area contributed by atoms with E-state index in [1.807, 2.05) is 36.0 Å². The summed E-state index contributed by atoms with van der Waals surface area (Å²) in [5.41, 5.74) is 1.55. The molecule has 0 unspecified atom stereocenters. The average molecular weight is 466 g/mol. The normalized spacial score (nSPS) is 21.5. The molecule has 0 saturated carbocycles. The molecule has 13 heteroatoms. The second kappa shape index (κ2) is 9.86. The van der Waals surface area contributed by atoms with E-state index in [4.69, 9.17) is 19.9 Å². The van der Waals surface area contributed by atoms with Crippen molar-refractivity contribution < 1.29 is 32.6 Å². The lowest BCUT2D eigenvalue weighted by atomic mass is 9.93. The molecular formula is C20H21F3N6O4. The van der Waals surface area contributed by atoms with E-state index >= 15 is 0 Å². The van der Waals surface area contributed by atoms with Crippen LogP contribution < -0.4 is 10.2 Å². The number of ether oxygens (including phenoxy) is 1. The first kappa shape index (κ1) is 24.0. The number of alkyl halides is 3. The average Bonchev–Trinajstić information content (AvgIpc) is 3.48. The van der Waals surface area contributed by atoms with Gasteiger partial charge in [-0.1, -0.05) is 0 Å². The maximum absolute atomic E-state index is 12.3. The molecule has 0 radical (unpaired) electrons. The fourth-order valence-electron chi connectivity index (χ4n) is 3.77. The van der Waals surface area contributed by atoms with Crippen LogP contribution in [-0.4, -0.2) is 70.0 Å². The Morgan fingerprint density at radius 2 is 2.00 bits per heavy atom. The second-order valence-electron chi connectivity index (χ2n) is 7.59. The first-order chi connectivity index (χ1) is 15.6. The van der Waals surface area contributed by atoms with E-state index in [1.54, 1.807) is 12.4 Å². The zero-order valence-electron chi connectivity index (χ0n) is 17.5. The van der Waals surface area contributed by atoms with Crippen LogP contribution in [0.15, 0.2) is 30.7 Å². The molecule has 2 aromatic heterocycles. The van der Waals surface area contributed by atoms with Gasteiger partial charge in [0.15, 0.2) is 0 Å². The van der Waals surface area contributed by atoms with Crippen LogP contribution in [0.25, 0.3) is 0 Å². The standard InChI is InChI=1S/C18H20N6O2.C2HF3O2/c1-23-4-2-3-15(23)18(25)22-6-12-11-26-16-10-24(9-14(12)16)13-7-20-17(5-19)21-8-13;3-2(4,5)1(6)7/h2-4,7-8,12,14,16H,6,9-11H2,1H3,(H,22,25);(H,6,7)/t12-,14+,16+;/m0./s1. The molecule has 2 fully saturated rings. The van der Waals surface area contributed by atoms with Gasteiger partial charge in [-0.25, -0.2) is 14.8 Å². The molecule has 0 aliphatic carbocycles. The number of anilines is 1. The summed E-state index contributed by atoms with van der Waals surface area (Å²) in [6.07, 6.45) is 0.290. The third-order valence-electron chi connectivity index (χ3n) is 5.49. The molecule has 0 bridgehead atoms. The summed E-state index contributed by atoms with van der Waals surface area (Å²) in [6, 6.07) is 5.60. The Balaban J connectivity index is 0.000000383. The van der Waals surface area contributed by atoms with Crippen LogP contribution >= 0.6 is 0 Å². The molecule has 33 heavy (non-hydrogen) atoms. The number of hydrogen-bond acceptors (Lipinski definition) is 7. The number of nitrogens with one attached hydrogen (secondary N) is 1. The van der Waals surface area contributed by atoms with Crippen LogP contribution in [0.5, 0.6) is 0 Å². The number of carboxylic acids is 1. The predicted octanol–water partition coefficient (Wildman–Crippen LogP) is 1.20. The molecule has 2 saturated heterocycles. The Labute approximate surface area is 186 Å². The molecule has 0 spiro atoms. The highest BCUT2D eigenvalue weighted by atomic mass is 19.4. The van der Waals surface area contributed by atoms with Crippen molar-refractivity contribution >= 4 is 17.6 Å². The fourth-order valence-corrected chi connectivity index (χ4v) is 3.77. The number of halogens is 3. The smallest absolute Gasteiger partial charge is 0.475 e. The van der Waals surface area contributed by atoms with Crippen LogP contribution in [0.3, 0.4) is 0 Å². The van der Waals surface area contributed by atoms with Gasteiger partial charge in [0.2, 0.25) is 5.82 Å². The monoisotopic (exact) mass is 466 g/mol. The van der Waals surface area contributed by atoms with Crippen molar-refractivity contribution in [2.24, 2.45) is 18.9 Å². The number of carbonyl (C=O) groups excluding carboxylic acids is 1. The lowest BCUT2D eigenvalue weighted by molar-refractivity contribution is -0.192. The molecule has 2 aliphatic rings. The number of aromatic nitrogens is 3. The van der Waals surface area contributed by atoms with Crippen molar-refractivity contribution in [1.29, 1.82) is 5.26 Å². The third-order valence-corrected chi connectivity index (χ3v) is 5.49. The van der Waals surface area contributed by atoms with Crippen LogP contribution in [0.2, 0.25) is 0 Å². The number of aliphatic carboxylic acids is 1. The molecule has 176 valence electrons. The van der Waals surface area contributed by atoms with Crippen molar-refractivity contribution in [2.45, 2.75) is 12.3 Å². The fraction of sp³-hybridized carbons (Fsp3) is 0.450. The second-order valence-corrected chi connectivity index (χ2v) is 7.59. The number of nitrogens with zero attached hydrogens (tertiary/aromatic N) is 5. The summed E-state index contributed by atoms with van der Waals surface area (Å²) in [6.45, 7) is 2.89. The zero-order valence-corrected chi connectivity index (χ0v) is 17.5. The molecule has 10 nitrogen and oxygen atoms in total. The summed E-state index contributed by atoms with van der Waals surface area (Å²) in [7, 11) is 1.86. The van der Waals surface area contributed by atoms with E-state index in [2.05, 4.69) is 20.2 Å². The van der Waals surface area contributed by atoms with Crippen LogP contribution in [0.4, 0.5) is 18.9 Å². The lowest BCUT2D eigenvalue weighted by Crippen LogP contribution is -2.35. The Hall–Kier alpha value is -3.66. The van der Waals surface area contributed by atoms with Gasteiger partial charge >= 0.3 is 12.1 Å². The number of hydrogen-bond donors (Lipinski definition) is 2. The first-order valence-corrected chi connectivity index (χ1v) is 9.88. The van der Waals surface area contributed by atoms with Gasteiger partial charge in [0.25, 0.3) is 5.91 Å². The van der Waals surface area contributed by atoms with Gasteiger partial charge in [-0.05, 0) is 12.1 Å². The Kier molecular flexibility index (Phi) is 7.17. The maximum atomic E-state index is 12.3. The predicted molar refractivity (Wildman–Crippen MR) is 107 cm³/mol. The number of carbonyl (C=O) groups is 2. The summed E-state index contributed by atoms with van der Waals surface area (Å²) in [5.74, 6) is -2.00. The molecule has 2 aliphatic heterocycles. The first-order valence-electron chi connectivity index (χ1n) is 9.88. The summed E-state index contributed by atoms with van der Waals surface area (Å²) < 4.78 is 39.5. The molecule has 4 rings (SSSR count).